The Morgan fingerprint density at radius 2 is 1.68 bits per heavy atom. The van der Waals surface area contributed by atoms with Gasteiger partial charge in [-0.2, -0.15) is 0 Å². The predicted molar refractivity (Wildman–Crippen MR) is 126 cm³/mol. The van der Waals surface area contributed by atoms with Crippen molar-refractivity contribution in [3.05, 3.63) is 65.7 Å². The Morgan fingerprint density at radius 3 is 2.35 bits per heavy atom. The molecule has 0 saturated carbocycles. The first-order chi connectivity index (χ1) is 15.0. The zero-order valence-electron chi connectivity index (χ0n) is 18.8. The standard InChI is InChI=1S/C26H35N3O2/c1-3-15-28(19-25(30)27-24-12-8-7-9-21(24)2)20-26(31)29-16-13-23(14-17-29)18-22-10-5-4-6-11-22/h4-12,23H,3,13-20H2,1-2H3,(H,27,30). The van der Waals surface area contributed by atoms with Crippen LogP contribution in [0.1, 0.15) is 37.3 Å². The minimum absolute atomic E-state index is 0.0721. The molecule has 2 amide bonds. The summed E-state index contributed by atoms with van der Waals surface area (Å²) < 4.78 is 0. The van der Waals surface area contributed by atoms with Crippen molar-refractivity contribution in [3.63, 3.8) is 0 Å². The van der Waals surface area contributed by atoms with Crippen molar-refractivity contribution in [1.29, 1.82) is 0 Å². The highest BCUT2D eigenvalue weighted by molar-refractivity contribution is 5.93. The zero-order valence-corrected chi connectivity index (χ0v) is 18.8. The first-order valence-electron chi connectivity index (χ1n) is 11.4. The molecule has 1 fully saturated rings. The molecule has 1 aliphatic rings. The van der Waals surface area contributed by atoms with Crippen molar-refractivity contribution in [1.82, 2.24) is 9.80 Å². The van der Waals surface area contributed by atoms with Crippen LogP contribution in [0, 0.1) is 12.8 Å². The van der Waals surface area contributed by atoms with E-state index in [0.29, 0.717) is 12.5 Å². The summed E-state index contributed by atoms with van der Waals surface area (Å²) in [7, 11) is 0. The second kappa shape index (κ2) is 11.7. The van der Waals surface area contributed by atoms with Crippen LogP contribution in [-0.4, -0.2) is 54.3 Å². The minimum atomic E-state index is -0.0721. The average molecular weight is 422 g/mol. The molecule has 0 unspecified atom stereocenters. The van der Waals surface area contributed by atoms with Gasteiger partial charge in [0.1, 0.15) is 0 Å². The van der Waals surface area contributed by atoms with E-state index in [4.69, 9.17) is 0 Å². The van der Waals surface area contributed by atoms with Gasteiger partial charge < -0.3 is 10.2 Å². The number of rotatable bonds is 9. The van der Waals surface area contributed by atoms with Gasteiger partial charge in [0.05, 0.1) is 13.1 Å². The SMILES string of the molecule is CCCN(CC(=O)Nc1ccccc1C)CC(=O)N1CCC(Cc2ccccc2)CC1. The number of nitrogens with zero attached hydrogens (tertiary/aromatic N) is 2. The number of nitrogens with one attached hydrogen (secondary N) is 1. The highest BCUT2D eigenvalue weighted by Gasteiger charge is 2.24. The number of para-hydroxylation sites is 1. The van der Waals surface area contributed by atoms with Gasteiger partial charge in [0.15, 0.2) is 0 Å². The summed E-state index contributed by atoms with van der Waals surface area (Å²) in [6.07, 6.45) is 4.08. The van der Waals surface area contributed by atoms with Gasteiger partial charge in [-0.15, -0.1) is 0 Å². The summed E-state index contributed by atoms with van der Waals surface area (Å²) in [6.45, 7) is 6.95. The molecule has 1 heterocycles. The minimum Gasteiger partial charge on any atom is -0.342 e. The van der Waals surface area contributed by atoms with E-state index in [9.17, 15) is 9.59 Å². The molecule has 5 heteroatoms. The number of likely N-dealkylation sites (tertiary alicyclic amines) is 1. The van der Waals surface area contributed by atoms with Crippen LogP contribution < -0.4 is 5.32 Å². The van der Waals surface area contributed by atoms with Gasteiger partial charge in [-0.05, 0) is 62.3 Å². The summed E-state index contributed by atoms with van der Waals surface area (Å²) in [5.41, 5.74) is 3.24. The van der Waals surface area contributed by atoms with Gasteiger partial charge in [0, 0.05) is 18.8 Å². The van der Waals surface area contributed by atoms with Gasteiger partial charge in [-0.3, -0.25) is 14.5 Å². The lowest BCUT2D eigenvalue weighted by atomic mass is 9.90. The van der Waals surface area contributed by atoms with Gasteiger partial charge >= 0.3 is 0 Å². The molecule has 1 aliphatic heterocycles. The second-order valence-corrected chi connectivity index (χ2v) is 8.59. The van der Waals surface area contributed by atoms with E-state index in [0.717, 1.165) is 56.6 Å². The van der Waals surface area contributed by atoms with Crippen LogP contribution in [0.15, 0.2) is 54.6 Å². The summed E-state index contributed by atoms with van der Waals surface area (Å²) >= 11 is 0. The molecule has 0 aliphatic carbocycles. The van der Waals surface area contributed by atoms with Gasteiger partial charge in [0.25, 0.3) is 0 Å². The number of anilines is 1. The molecule has 0 atom stereocenters. The molecule has 3 rings (SSSR count). The zero-order chi connectivity index (χ0) is 22.1. The third kappa shape index (κ3) is 7.21. The number of aryl methyl sites for hydroxylation is 1. The van der Waals surface area contributed by atoms with Crippen LogP contribution in [0.4, 0.5) is 5.69 Å². The maximum Gasteiger partial charge on any atom is 0.238 e. The largest absolute Gasteiger partial charge is 0.342 e. The molecular weight excluding hydrogens is 386 g/mol. The second-order valence-electron chi connectivity index (χ2n) is 8.59. The Kier molecular flexibility index (Phi) is 8.65. The predicted octanol–water partition coefficient (Wildman–Crippen LogP) is 4.13. The Morgan fingerprint density at radius 1 is 1.00 bits per heavy atom. The van der Waals surface area contributed by atoms with Crippen LogP contribution in [-0.2, 0) is 16.0 Å². The molecular formula is C26H35N3O2. The molecule has 31 heavy (non-hydrogen) atoms. The van der Waals surface area contributed by atoms with Crippen molar-refractivity contribution in [2.24, 2.45) is 5.92 Å². The number of benzene rings is 2. The fourth-order valence-electron chi connectivity index (χ4n) is 4.26. The van der Waals surface area contributed by atoms with Crippen LogP contribution >= 0.6 is 0 Å². The maximum atomic E-state index is 12.9. The third-order valence-electron chi connectivity index (χ3n) is 6.02. The Labute approximate surface area is 186 Å². The Hall–Kier alpha value is -2.66. The molecule has 0 bridgehead atoms. The normalized spacial score (nSPS) is 14.6. The van der Waals surface area contributed by atoms with E-state index in [2.05, 4.69) is 36.5 Å². The van der Waals surface area contributed by atoms with Gasteiger partial charge in [-0.25, -0.2) is 0 Å². The number of amides is 2. The highest BCUT2D eigenvalue weighted by atomic mass is 16.2. The smallest absolute Gasteiger partial charge is 0.238 e. The lowest BCUT2D eigenvalue weighted by Gasteiger charge is -2.33. The van der Waals surface area contributed by atoms with Crippen molar-refractivity contribution in [3.8, 4) is 0 Å². The lowest BCUT2D eigenvalue weighted by Crippen LogP contribution is -2.46. The molecule has 0 aromatic heterocycles. The molecule has 5 nitrogen and oxygen atoms in total. The Balaban J connectivity index is 1.46. The molecule has 0 spiro atoms. The molecule has 166 valence electrons. The average Bonchev–Trinajstić information content (AvgIpc) is 2.76. The van der Waals surface area contributed by atoms with E-state index >= 15 is 0 Å². The number of hydrogen-bond donors (Lipinski definition) is 1. The third-order valence-corrected chi connectivity index (χ3v) is 6.02. The van der Waals surface area contributed by atoms with E-state index in [1.807, 2.05) is 47.1 Å². The highest BCUT2D eigenvalue weighted by Crippen LogP contribution is 2.22. The number of piperidine rings is 1. The molecule has 1 N–H and O–H groups in total. The number of hydrogen-bond acceptors (Lipinski definition) is 3. The van der Waals surface area contributed by atoms with Gasteiger partial charge in [-0.1, -0.05) is 55.5 Å². The van der Waals surface area contributed by atoms with Crippen LogP contribution in [0.5, 0.6) is 0 Å². The van der Waals surface area contributed by atoms with Crippen molar-refractivity contribution in [2.75, 3.05) is 38.0 Å². The molecule has 2 aromatic carbocycles. The summed E-state index contributed by atoms with van der Waals surface area (Å²) in [5.74, 6) is 0.700. The fourth-order valence-corrected chi connectivity index (χ4v) is 4.26. The van der Waals surface area contributed by atoms with Crippen LogP contribution in [0.3, 0.4) is 0 Å². The topological polar surface area (TPSA) is 52.7 Å². The first kappa shape index (κ1) is 23.0. The van der Waals surface area contributed by atoms with Crippen molar-refractivity contribution < 1.29 is 9.59 Å². The number of carbonyl (C=O) groups is 2. The lowest BCUT2D eigenvalue weighted by molar-refractivity contribution is -0.134. The van der Waals surface area contributed by atoms with E-state index in [1.54, 1.807) is 0 Å². The van der Waals surface area contributed by atoms with E-state index in [1.165, 1.54) is 5.56 Å². The number of carbonyl (C=O) groups excluding carboxylic acids is 2. The molecule has 2 aromatic rings. The quantitative estimate of drug-likeness (QED) is 0.662. The Bertz CT molecular complexity index is 845. The van der Waals surface area contributed by atoms with Crippen LogP contribution in [0.25, 0.3) is 0 Å². The maximum absolute atomic E-state index is 12.9. The first-order valence-corrected chi connectivity index (χ1v) is 11.4. The van der Waals surface area contributed by atoms with Crippen molar-refractivity contribution >= 4 is 17.5 Å². The van der Waals surface area contributed by atoms with Crippen molar-refractivity contribution in [2.45, 2.75) is 39.5 Å². The fraction of sp³-hybridized carbons (Fsp3) is 0.462. The summed E-state index contributed by atoms with van der Waals surface area (Å²) in [5, 5.41) is 2.98. The molecule has 0 radical (unpaired) electrons. The molecule has 1 saturated heterocycles. The summed E-state index contributed by atoms with van der Waals surface area (Å²) in [6, 6.07) is 18.3. The van der Waals surface area contributed by atoms with E-state index < -0.39 is 0 Å². The van der Waals surface area contributed by atoms with Gasteiger partial charge in [0.2, 0.25) is 11.8 Å². The monoisotopic (exact) mass is 421 g/mol. The van der Waals surface area contributed by atoms with Crippen LogP contribution in [0.2, 0.25) is 0 Å². The summed E-state index contributed by atoms with van der Waals surface area (Å²) in [4.78, 5) is 29.4. The van der Waals surface area contributed by atoms with E-state index in [-0.39, 0.29) is 18.4 Å².